The zero-order chi connectivity index (χ0) is 12.3. The molecule has 17 heavy (non-hydrogen) atoms. The number of carbonyl (C=O) groups excluding carboxylic acids is 1. The quantitative estimate of drug-likeness (QED) is 0.823. The fraction of sp³-hybridized carbons (Fsp3) is 0.538. The Morgan fingerprint density at radius 3 is 3.06 bits per heavy atom. The second kappa shape index (κ2) is 5.17. The Balaban J connectivity index is 1.99. The number of carbonyl (C=O) groups is 1. The lowest BCUT2D eigenvalue weighted by molar-refractivity contribution is 0.0918. The molecule has 0 bridgehead atoms. The zero-order valence-electron chi connectivity index (χ0n) is 10.0. The number of rotatable bonds is 2. The van der Waals surface area contributed by atoms with Gasteiger partial charge >= 0.3 is 0 Å². The van der Waals surface area contributed by atoms with Gasteiger partial charge in [-0.05, 0) is 24.8 Å². The third-order valence-electron chi connectivity index (χ3n) is 3.32. The molecule has 2 N–H and O–H groups in total. The molecule has 0 radical (unpaired) electrons. The average molecular weight is 234 g/mol. The summed E-state index contributed by atoms with van der Waals surface area (Å²) in [7, 11) is 0. The van der Waals surface area contributed by atoms with Gasteiger partial charge in [0.2, 0.25) is 0 Å². The van der Waals surface area contributed by atoms with Gasteiger partial charge in [-0.1, -0.05) is 19.8 Å². The van der Waals surface area contributed by atoms with Crippen LogP contribution in [-0.4, -0.2) is 22.0 Å². The lowest BCUT2D eigenvalue weighted by atomic mass is 9.87. The minimum atomic E-state index is -0.205. The van der Waals surface area contributed by atoms with Crippen molar-refractivity contribution in [2.24, 2.45) is 5.92 Å². The molecule has 92 valence electrons. The Labute approximate surface area is 101 Å². The molecule has 1 aromatic rings. The molecule has 1 aliphatic rings. The number of hydrogen-bond donors (Lipinski definition) is 2. The van der Waals surface area contributed by atoms with Crippen LogP contribution in [0.1, 0.15) is 43.0 Å². The van der Waals surface area contributed by atoms with E-state index in [1.807, 2.05) is 0 Å². The van der Waals surface area contributed by atoms with Gasteiger partial charge in [0.1, 0.15) is 5.75 Å². The van der Waals surface area contributed by atoms with Crippen LogP contribution < -0.4 is 5.32 Å². The predicted molar refractivity (Wildman–Crippen MR) is 64.8 cm³/mol. The Kier molecular flexibility index (Phi) is 3.61. The van der Waals surface area contributed by atoms with E-state index >= 15 is 0 Å². The number of nitrogens with zero attached hydrogens (tertiary/aromatic N) is 1. The summed E-state index contributed by atoms with van der Waals surface area (Å²) < 4.78 is 0. The van der Waals surface area contributed by atoms with Gasteiger partial charge in [-0.2, -0.15) is 0 Å². The van der Waals surface area contributed by atoms with Crippen LogP contribution in [0.15, 0.2) is 18.5 Å². The third kappa shape index (κ3) is 2.96. The Hall–Kier alpha value is -1.58. The van der Waals surface area contributed by atoms with Gasteiger partial charge in [-0.25, -0.2) is 0 Å². The summed E-state index contributed by atoms with van der Waals surface area (Å²) in [6.45, 7) is 2.21. The van der Waals surface area contributed by atoms with Crippen LogP contribution in [0, 0.1) is 5.92 Å². The minimum Gasteiger partial charge on any atom is -0.505 e. The number of nitrogens with one attached hydrogen (secondary N) is 1. The van der Waals surface area contributed by atoms with Gasteiger partial charge in [-0.3, -0.25) is 9.78 Å². The monoisotopic (exact) mass is 234 g/mol. The average Bonchev–Trinajstić information content (AvgIpc) is 2.29. The first kappa shape index (κ1) is 11.9. The van der Waals surface area contributed by atoms with E-state index in [0.717, 1.165) is 19.3 Å². The van der Waals surface area contributed by atoms with Crippen LogP contribution in [-0.2, 0) is 0 Å². The molecule has 4 heteroatoms. The second-order valence-corrected chi connectivity index (χ2v) is 4.83. The van der Waals surface area contributed by atoms with E-state index in [1.165, 1.54) is 24.9 Å². The van der Waals surface area contributed by atoms with Crippen molar-refractivity contribution < 1.29 is 9.90 Å². The van der Waals surface area contributed by atoms with E-state index in [2.05, 4.69) is 17.2 Å². The van der Waals surface area contributed by atoms with E-state index in [1.54, 1.807) is 0 Å². The van der Waals surface area contributed by atoms with Crippen LogP contribution in [0.2, 0.25) is 0 Å². The number of hydrogen-bond acceptors (Lipinski definition) is 3. The van der Waals surface area contributed by atoms with Crippen LogP contribution in [0.4, 0.5) is 0 Å². The van der Waals surface area contributed by atoms with Gasteiger partial charge in [0.05, 0.1) is 11.8 Å². The van der Waals surface area contributed by atoms with E-state index in [-0.39, 0.29) is 17.7 Å². The van der Waals surface area contributed by atoms with E-state index in [0.29, 0.717) is 11.5 Å². The maximum atomic E-state index is 11.9. The lowest BCUT2D eigenvalue weighted by Gasteiger charge is -2.27. The van der Waals surface area contributed by atoms with Crippen molar-refractivity contribution in [2.45, 2.75) is 38.6 Å². The van der Waals surface area contributed by atoms with Crippen LogP contribution in [0.25, 0.3) is 0 Å². The number of amides is 1. The van der Waals surface area contributed by atoms with Gasteiger partial charge in [0.15, 0.2) is 0 Å². The van der Waals surface area contributed by atoms with E-state index in [4.69, 9.17) is 0 Å². The topological polar surface area (TPSA) is 62.2 Å². The lowest BCUT2D eigenvalue weighted by Crippen LogP contribution is -2.38. The van der Waals surface area contributed by atoms with Gasteiger partial charge < -0.3 is 10.4 Å². The van der Waals surface area contributed by atoms with Crippen molar-refractivity contribution in [1.29, 1.82) is 0 Å². The first-order valence-corrected chi connectivity index (χ1v) is 6.10. The molecule has 1 saturated carbocycles. The maximum absolute atomic E-state index is 11.9. The van der Waals surface area contributed by atoms with Crippen molar-refractivity contribution in [2.75, 3.05) is 0 Å². The summed E-state index contributed by atoms with van der Waals surface area (Å²) in [4.78, 5) is 15.7. The molecule has 0 spiro atoms. The molecule has 2 rings (SSSR count). The highest BCUT2D eigenvalue weighted by Crippen LogP contribution is 2.24. The standard InChI is InChI=1S/C13H18N2O2/c1-9-3-2-4-10(7-9)15-13(17)11-5-6-14-8-12(11)16/h5-6,8-10,16H,2-4,7H2,1H3,(H,15,17). The summed E-state index contributed by atoms with van der Waals surface area (Å²) in [6.07, 6.45) is 7.26. The molecule has 1 heterocycles. The summed E-state index contributed by atoms with van der Waals surface area (Å²) in [5.41, 5.74) is 0.304. The van der Waals surface area contributed by atoms with Gasteiger partial charge in [0, 0.05) is 12.2 Å². The van der Waals surface area contributed by atoms with Crippen LogP contribution >= 0.6 is 0 Å². The van der Waals surface area contributed by atoms with Crippen molar-refractivity contribution in [3.8, 4) is 5.75 Å². The number of aromatic nitrogens is 1. The Morgan fingerprint density at radius 2 is 2.35 bits per heavy atom. The first-order valence-electron chi connectivity index (χ1n) is 6.10. The predicted octanol–water partition coefficient (Wildman–Crippen LogP) is 2.10. The van der Waals surface area contributed by atoms with Crippen LogP contribution in [0.3, 0.4) is 0 Å². The molecule has 4 nitrogen and oxygen atoms in total. The Morgan fingerprint density at radius 1 is 1.53 bits per heavy atom. The van der Waals surface area contributed by atoms with Crippen molar-refractivity contribution in [1.82, 2.24) is 10.3 Å². The molecule has 1 fully saturated rings. The first-order chi connectivity index (χ1) is 8.16. The normalized spacial score (nSPS) is 24.3. The SMILES string of the molecule is CC1CCCC(NC(=O)c2ccncc2O)C1. The molecular formula is C13H18N2O2. The third-order valence-corrected chi connectivity index (χ3v) is 3.32. The molecule has 1 aliphatic carbocycles. The summed E-state index contributed by atoms with van der Waals surface area (Å²) in [5, 5.41) is 12.5. The molecular weight excluding hydrogens is 216 g/mol. The highest BCUT2D eigenvalue weighted by Gasteiger charge is 2.21. The second-order valence-electron chi connectivity index (χ2n) is 4.83. The molecule has 2 atom stereocenters. The van der Waals surface area contributed by atoms with E-state index in [9.17, 15) is 9.90 Å². The maximum Gasteiger partial charge on any atom is 0.255 e. The summed E-state index contributed by atoms with van der Waals surface area (Å²) in [5.74, 6) is 0.401. The highest BCUT2D eigenvalue weighted by atomic mass is 16.3. The van der Waals surface area contributed by atoms with Crippen molar-refractivity contribution >= 4 is 5.91 Å². The highest BCUT2D eigenvalue weighted by molar-refractivity contribution is 5.96. The molecule has 1 amide bonds. The minimum absolute atomic E-state index is 0.0612. The molecule has 0 aromatic carbocycles. The summed E-state index contributed by atoms with van der Waals surface area (Å²) in [6, 6.07) is 1.77. The molecule has 0 saturated heterocycles. The summed E-state index contributed by atoms with van der Waals surface area (Å²) >= 11 is 0. The van der Waals surface area contributed by atoms with Crippen molar-refractivity contribution in [3.63, 3.8) is 0 Å². The Bertz CT molecular complexity index is 406. The smallest absolute Gasteiger partial charge is 0.255 e. The van der Waals surface area contributed by atoms with E-state index < -0.39 is 0 Å². The largest absolute Gasteiger partial charge is 0.505 e. The zero-order valence-corrected chi connectivity index (χ0v) is 10.0. The number of aromatic hydroxyl groups is 1. The molecule has 1 aromatic heterocycles. The fourth-order valence-corrected chi connectivity index (χ4v) is 2.41. The fourth-order valence-electron chi connectivity index (χ4n) is 2.41. The van der Waals surface area contributed by atoms with Gasteiger partial charge in [0.25, 0.3) is 5.91 Å². The molecule has 0 aliphatic heterocycles. The molecule has 2 unspecified atom stereocenters. The number of pyridine rings is 1. The van der Waals surface area contributed by atoms with Crippen molar-refractivity contribution in [3.05, 3.63) is 24.0 Å². The van der Waals surface area contributed by atoms with Crippen LogP contribution in [0.5, 0.6) is 5.75 Å². The van der Waals surface area contributed by atoms with Gasteiger partial charge in [-0.15, -0.1) is 0 Å².